The van der Waals surface area contributed by atoms with Crippen molar-refractivity contribution < 1.29 is 28.4 Å². The monoisotopic (exact) mass is 586 g/mol. The van der Waals surface area contributed by atoms with Crippen LogP contribution in [0.4, 0.5) is 11.9 Å². The Morgan fingerprint density at radius 1 is 0.786 bits per heavy atom. The first-order valence-electron chi connectivity index (χ1n) is 15.3. The number of aromatic nitrogens is 4. The van der Waals surface area contributed by atoms with E-state index in [-0.39, 0.29) is 18.7 Å². The molecule has 2 N–H and O–H groups in total. The van der Waals surface area contributed by atoms with Gasteiger partial charge in [-0.15, -0.1) is 0 Å². The molecule has 12 nitrogen and oxygen atoms in total. The van der Waals surface area contributed by atoms with E-state index in [2.05, 4.69) is 37.5 Å². The van der Waals surface area contributed by atoms with Crippen molar-refractivity contribution in [2.75, 3.05) is 30.3 Å². The first-order valence-corrected chi connectivity index (χ1v) is 15.3. The molecule has 5 heterocycles. The van der Waals surface area contributed by atoms with Crippen LogP contribution >= 0.6 is 0 Å². The largest absolute Gasteiger partial charge is 0.460 e. The maximum absolute atomic E-state index is 6.28. The van der Waals surface area contributed by atoms with Crippen molar-refractivity contribution in [3.05, 3.63) is 30.1 Å². The van der Waals surface area contributed by atoms with E-state index in [1.807, 2.05) is 45.9 Å². The van der Waals surface area contributed by atoms with Crippen molar-refractivity contribution in [1.29, 1.82) is 0 Å². The Hall–Kier alpha value is -2.64. The summed E-state index contributed by atoms with van der Waals surface area (Å²) in [6.45, 7) is 11.3. The van der Waals surface area contributed by atoms with Gasteiger partial charge in [0.15, 0.2) is 17.9 Å². The molecule has 0 spiro atoms. The zero-order chi connectivity index (χ0) is 29.6. The molecule has 5 rings (SSSR count). The Labute approximate surface area is 248 Å². The van der Waals surface area contributed by atoms with E-state index in [1.54, 1.807) is 6.20 Å². The van der Waals surface area contributed by atoms with Gasteiger partial charge in [-0.25, -0.2) is 0 Å². The zero-order valence-corrected chi connectivity index (χ0v) is 25.5. The van der Waals surface area contributed by atoms with E-state index >= 15 is 0 Å². The average molecular weight is 587 g/mol. The number of hydrogen-bond acceptors (Lipinski definition) is 12. The minimum Gasteiger partial charge on any atom is -0.460 e. The first-order chi connectivity index (χ1) is 20.2. The highest BCUT2D eigenvalue weighted by Crippen LogP contribution is 2.44. The summed E-state index contributed by atoms with van der Waals surface area (Å²) in [5, 5.41) is 6.63. The highest BCUT2D eigenvalue weighted by molar-refractivity contribution is 5.36. The molecule has 0 bridgehead atoms. The highest BCUT2D eigenvalue weighted by atomic mass is 16.9. The second-order valence-corrected chi connectivity index (χ2v) is 12.0. The minimum atomic E-state index is -0.785. The third kappa shape index (κ3) is 8.25. The molecule has 0 amide bonds. The topological polar surface area (TPSA) is 131 Å². The number of nitrogens with zero attached hydrogens (tertiary/aromatic N) is 4. The summed E-state index contributed by atoms with van der Waals surface area (Å²) < 4.78 is 37.0. The van der Waals surface area contributed by atoms with Crippen LogP contribution in [-0.2, 0) is 30.1 Å². The Bertz CT molecular complexity index is 1140. The Kier molecular flexibility index (Phi) is 10.1. The number of unbranched alkanes of at least 4 members (excludes halogenated alkanes) is 5. The maximum atomic E-state index is 6.28. The van der Waals surface area contributed by atoms with E-state index < -0.39 is 36.2 Å². The second kappa shape index (κ2) is 13.8. The lowest BCUT2D eigenvalue weighted by Gasteiger charge is -2.36. The molecule has 2 aromatic heterocycles. The van der Waals surface area contributed by atoms with Gasteiger partial charge in [0.2, 0.25) is 11.9 Å². The molecular formula is C30H46N6O6. The van der Waals surface area contributed by atoms with Crippen molar-refractivity contribution in [2.45, 2.75) is 122 Å². The summed E-state index contributed by atoms with van der Waals surface area (Å²) in [4.78, 5) is 18.0. The van der Waals surface area contributed by atoms with Crippen LogP contribution in [0.25, 0.3) is 0 Å². The van der Waals surface area contributed by atoms with Crippen LogP contribution in [0.2, 0.25) is 0 Å². The Balaban J connectivity index is 1.23. The van der Waals surface area contributed by atoms with Gasteiger partial charge in [0.25, 0.3) is 0 Å². The fourth-order valence-corrected chi connectivity index (χ4v) is 5.52. The van der Waals surface area contributed by atoms with Crippen molar-refractivity contribution in [3.8, 4) is 6.01 Å². The molecule has 3 aliphatic heterocycles. The number of pyridine rings is 1. The fourth-order valence-electron chi connectivity index (χ4n) is 5.52. The normalized spacial score (nSPS) is 27.3. The van der Waals surface area contributed by atoms with Crippen LogP contribution in [0.3, 0.4) is 0 Å². The lowest BCUT2D eigenvalue weighted by Crippen LogP contribution is -2.56. The summed E-state index contributed by atoms with van der Waals surface area (Å²) in [5.41, 5.74) is 0.988. The SMILES string of the molecule is CCCCCCCCNc1nc(NCCc2ccccn2)nc(OC[C@H]2O[C@@H]3OC(C)(C)O[C@@H]3[C@H]3OC(C)(C)O[C@H]32)n1. The van der Waals surface area contributed by atoms with Gasteiger partial charge in [-0.3, -0.25) is 4.98 Å². The number of rotatable bonds is 15. The predicted octanol–water partition coefficient (Wildman–Crippen LogP) is 4.47. The molecule has 0 aromatic carbocycles. The van der Waals surface area contributed by atoms with Crippen molar-refractivity contribution >= 4 is 11.9 Å². The molecule has 3 fully saturated rings. The fraction of sp³-hybridized carbons (Fsp3) is 0.733. The first kappa shape index (κ1) is 30.8. The van der Waals surface area contributed by atoms with Gasteiger partial charge >= 0.3 is 6.01 Å². The van der Waals surface area contributed by atoms with Gasteiger partial charge in [0.1, 0.15) is 31.0 Å². The predicted molar refractivity (Wildman–Crippen MR) is 156 cm³/mol. The molecule has 12 heteroatoms. The van der Waals surface area contributed by atoms with Crippen LogP contribution in [0.5, 0.6) is 6.01 Å². The smallest absolute Gasteiger partial charge is 0.323 e. The minimum absolute atomic E-state index is 0.141. The van der Waals surface area contributed by atoms with Crippen LogP contribution < -0.4 is 15.4 Å². The van der Waals surface area contributed by atoms with Crippen molar-refractivity contribution in [2.24, 2.45) is 0 Å². The van der Waals surface area contributed by atoms with Crippen LogP contribution in [0.1, 0.15) is 78.8 Å². The Morgan fingerprint density at radius 3 is 2.24 bits per heavy atom. The molecule has 5 atom stereocenters. The van der Waals surface area contributed by atoms with E-state index in [1.165, 1.54) is 32.1 Å². The van der Waals surface area contributed by atoms with Crippen molar-refractivity contribution in [3.63, 3.8) is 0 Å². The molecule has 0 radical (unpaired) electrons. The lowest BCUT2D eigenvalue weighted by molar-refractivity contribution is -0.238. The van der Waals surface area contributed by atoms with Crippen LogP contribution in [0.15, 0.2) is 24.4 Å². The van der Waals surface area contributed by atoms with E-state index in [4.69, 9.17) is 28.4 Å². The quantitative estimate of drug-likeness (QED) is 0.286. The number of nitrogens with one attached hydrogen (secondary N) is 2. The second-order valence-electron chi connectivity index (χ2n) is 12.0. The molecule has 3 saturated heterocycles. The summed E-state index contributed by atoms with van der Waals surface area (Å²) in [6.07, 6.45) is 7.55. The number of fused-ring (bicyclic) bond motifs is 3. The maximum Gasteiger partial charge on any atom is 0.323 e. The average Bonchev–Trinajstić information content (AvgIpc) is 3.45. The number of hydrogen-bond donors (Lipinski definition) is 2. The Morgan fingerprint density at radius 2 is 1.48 bits per heavy atom. The zero-order valence-electron chi connectivity index (χ0n) is 25.5. The molecule has 0 saturated carbocycles. The lowest BCUT2D eigenvalue weighted by atomic mass is 9.99. The molecule has 232 valence electrons. The summed E-state index contributed by atoms with van der Waals surface area (Å²) in [6, 6.07) is 6.07. The van der Waals surface area contributed by atoms with E-state index in [0.29, 0.717) is 18.4 Å². The van der Waals surface area contributed by atoms with Gasteiger partial charge in [0, 0.05) is 31.4 Å². The molecule has 2 aromatic rings. The number of ether oxygens (including phenoxy) is 6. The van der Waals surface area contributed by atoms with E-state index in [9.17, 15) is 0 Å². The number of anilines is 2. The van der Waals surface area contributed by atoms with E-state index in [0.717, 1.165) is 25.1 Å². The summed E-state index contributed by atoms with van der Waals surface area (Å²) in [7, 11) is 0. The van der Waals surface area contributed by atoms with Crippen LogP contribution in [0, 0.1) is 0 Å². The van der Waals surface area contributed by atoms with Crippen molar-refractivity contribution in [1.82, 2.24) is 19.9 Å². The van der Waals surface area contributed by atoms with Crippen LogP contribution in [-0.4, -0.2) is 81.9 Å². The van der Waals surface area contributed by atoms with Gasteiger partial charge in [-0.05, 0) is 46.2 Å². The molecule has 3 aliphatic rings. The van der Waals surface area contributed by atoms with Gasteiger partial charge in [-0.1, -0.05) is 45.1 Å². The summed E-state index contributed by atoms with van der Waals surface area (Å²) in [5.74, 6) is -0.674. The molecule has 0 unspecified atom stereocenters. The van der Waals surface area contributed by atoms with Gasteiger partial charge < -0.3 is 39.1 Å². The third-order valence-electron chi connectivity index (χ3n) is 7.45. The molecule has 42 heavy (non-hydrogen) atoms. The summed E-state index contributed by atoms with van der Waals surface area (Å²) >= 11 is 0. The molecule has 0 aliphatic carbocycles. The third-order valence-corrected chi connectivity index (χ3v) is 7.45. The standard InChI is InChI=1S/C30H46N6O6/c1-6-7-8-9-10-12-17-32-26-34-27(33-18-15-20-14-11-13-16-31-20)36-28(35-26)37-19-21-22-23(40-29(2,3)39-22)24-25(38-21)42-30(4,5)41-24/h11,13-14,16,21-25H,6-10,12,15,17-19H2,1-5H3,(H2,32,33,34,35,36)/t21-,22+,23+,24-,25-/m1/s1. The van der Waals surface area contributed by atoms with Gasteiger partial charge in [0.05, 0.1) is 0 Å². The molecular weight excluding hydrogens is 540 g/mol. The van der Waals surface area contributed by atoms with Gasteiger partial charge in [-0.2, -0.15) is 15.0 Å². The highest BCUT2D eigenvalue weighted by Gasteiger charge is 2.60.